The number of para-hydroxylation sites is 1. The van der Waals surface area contributed by atoms with E-state index in [1.165, 1.54) is 0 Å². The minimum Gasteiger partial charge on any atom is -0.488 e. The number of ether oxygens (including phenoxy) is 1. The second-order valence-corrected chi connectivity index (χ2v) is 9.71. The second kappa shape index (κ2) is 8.41. The van der Waals surface area contributed by atoms with Crippen molar-refractivity contribution in [1.82, 2.24) is 20.0 Å². The van der Waals surface area contributed by atoms with Crippen molar-refractivity contribution in [3.05, 3.63) is 48.7 Å². The van der Waals surface area contributed by atoms with Gasteiger partial charge in [-0.25, -0.2) is 23.1 Å². The van der Waals surface area contributed by atoms with Crippen LogP contribution in [0.25, 0.3) is 10.9 Å². The molecule has 0 unspecified atom stereocenters. The Kier molecular flexibility index (Phi) is 5.47. The van der Waals surface area contributed by atoms with E-state index in [4.69, 9.17) is 4.74 Å². The van der Waals surface area contributed by atoms with Crippen molar-refractivity contribution in [3.8, 4) is 5.75 Å². The average Bonchev–Trinajstić information content (AvgIpc) is 3.59. The topological polar surface area (TPSA) is 105 Å². The van der Waals surface area contributed by atoms with Crippen LogP contribution in [0, 0.1) is 0 Å². The summed E-state index contributed by atoms with van der Waals surface area (Å²) >= 11 is 0. The first-order chi connectivity index (χ1) is 15.1. The zero-order chi connectivity index (χ0) is 21.3. The van der Waals surface area contributed by atoms with E-state index < -0.39 is 10.0 Å². The molecule has 2 fully saturated rings. The van der Waals surface area contributed by atoms with Crippen LogP contribution in [-0.2, 0) is 10.0 Å². The van der Waals surface area contributed by atoms with Gasteiger partial charge in [-0.1, -0.05) is 12.1 Å². The number of nitrogens with one attached hydrogen (secondary N) is 3. The number of aromatic nitrogens is 2. The van der Waals surface area contributed by atoms with Crippen molar-refractivity contribution < 1.29 is 13.2 Å². The summed E-state index contributed by atoms with van der Waals surface area (Å²) < 4.78 is 33.6. The molecule has 0 amide bonds. The van der Waals surface area contributed by atoms with E-state index in [2.05, 4.69) is 25.3 Å². The highest BCUT2D eigenvalue weighted by Gasteiger charge is 2.27. The van der Waals surface area contributed by atoms with E-state index in [9.17, 15) is 8.42 Å². The maximum absolute atomic E-state index is 12.3. The Morgan fingerprint density at radius 1 is 1.00 bits per heavy atom. The summed E-state index contributed by atoms with van der Waals surface area (Å²) in [5, 5.41) is 7.40. The first-order valence-electron chi connectivity index (χ1n) is 10.6. The smallest absolute Gasteiger partial charge is 0.240 e. The predicted molar refractivity (Wildman–Crippen MR) is 119 cm³/mol. The number of sulfonamides is 1. The SMILES string of the molecule is O=S(=O)(NC1CC1)c1ccc(Nc2ncc3cccc(OC4CCNCC4)c3n2)cc1. The molecule has 31 heavy (non-hydrogen) atoms. The number of fused-ring (bicyclic) bond motifs is 1. The molecule has 1 aromatic heterocycles. The summed E-state index contributed by atoms with van der Waals surface area (Å²) in [4.78, 5) is 9.30. The third-order valence-corrected chi connectivity index (χ3v) is 7.01. The Morgan fingerprint density at radius 3 is 2.52 bits per heavy atom. The van der Waals surface area contributed by atoms with E-state index in [0.717, 1.165) is 55.4 Å². The summed E-state index contributed by atoms with van der Waals surface area (Å²) in [7, 11) is -3.47. The molecule has 2 heterocycles. The quantitative estimate of drug-likeness (QED) is 0.520. The number of piperidine rings is 1. The van der Waals surface area contributed by atoms with Crippen molar-refractivity contribution in [2.75, 3.05) is 18.4 Å². The van der Waals surface area contributed by atoms with Crippen LogP contribution in [0.15, 0.2) is 53.6 Å². The van der Waals surface area contributed by atoms with Crippen molar-refractivity contribution in [2.24, 2.45) is 0 Å². The lowest BCUT2D eigenvalue weighted by Gasteiger charge is -2.24. The van der Waals surface area contributed by atoms with Crippen LogP contribution in [0.4, 0.5) is 11.6 Å². The number of benzene rings is 2. The minimum absolute atomic E-state index is 0.0788. The number of anilines is 2. The number of nitrogens with zero attached hydrogens (tertiary/aromatic N) is 2. The largest absolute Gasteiger partial charge is 0.488 e. The second-order valence-electron chi connectivity index (χ2n) is 8.00. The standard InChI is InChI=1S/C22H25N5O3S/c28-31(29,27-17-4-5-17)19-8-6-16(7-9-19)25-22-24-14-15-2-1-3-20(21(15)26-22)30-18-10-12-23-13-11-18/h1-3,6-9,14,17-18,23,27H,4-5,10-13H2,(H,24,25,26). The summed E-state index contributed by atoms with van der Waals surface area (Å²) in [6, 6.07) is 12.5. The number of hydrogen-bond donors (Lipinski definition) is 3. The van der Waals surface area contributed by atoms with Gasteiger partial charge in [0, 0.05) is 23.3 Å². The molecule has 9 heteroatoms. The van der Waals surface area contributed by atoms with E-state index in [0.29, 0.717) is 11.6 Å². The Hall–Kier alpha value is -2.75. The maximum Gasteiger partial charge on any atom is 0.240 e. The van der Waals surface area contributed by atoms with Gasteiger partial charge in [0.2, 0.25) is 16.0 Å². The lowest BCUT2D eigenvalue weighted by atomic mass is 10.1. The van der Waals surface area contributed by atoms with Gasteiger partial charge in [-0.15, -0.1) is 0 Å². The molecule has 3 aromatic rings. The third-order valence-electron chi connectivity index (χ3n) is 5.47. The minimum atomic E-state index is -3.47. The third kappa shape index (κ3) is 4.79. The summed E-state index contributed by atoms with van der Waals surface area (Å²) in [6.45, 7) is 1.91. The lowest BCUT2D eigenvalue weighted by molar-refractivity contribution is 0.164. The molecule has 2 aliphatic rings. The first kappa shape index (κ1) is 20.2. The monoisotopic (exact) mass is 439 g/mol. The molecular formula is C22H25N5O3S. The van der Waals surface area contributed by atoms with E-state index in [1.807, 2.05) is 18.2 Å². The molecule has 2 aromatic carbocycles. The zero-order valence-corrected chi connectivity index (χ0v) is 17.9. The van der Waals surface area contributed by atoms with Gasteiger partial charge in [0.15, 0.2) is 0 Å². The molecule has 0 bridgehead atoms. The highest BCUT2D eigenvalue weighted by molar-refractivity contribution is 7.89. The molecule has 1 aliphatic heterocycles. The molecule has 8 nitrogen and oxygen atoms in total. The van der Waals surface area contributed by atoms with E-state index in [-0.39, 0.29) is 17.0 Å². The van der Waals surface area contributed by atoms with Gasteiger partial charge in [0.1, 0.15) is 17.4 Å². The maximum atomic E-state index is 12.3. The average molecular weight is 440 g/mol. The van der Waals surface area contributed by atoms with Crippen LogP contribution in [0.5, 0.6) is 5.75 Å². The van der Waals surface area contributed by atoms with Gasteiger partial charge >= 0.3 is 0 Å². The molecule has 1 aliphatic carbocycles. The normalized spacial score (nSPS) is 17.5. The Labute approximate surface area is 181 Å². The van der Waals surface area contributed by atoms with E-state index in [1.54, 1.807) is 30.5 Å². The fourth-order valence-electron chi connectivity index (χ4n) is 3.61. The molecular weight excluding hydrogens is 414 g/mol. The van der Waals surface area contributed by atoms with E-state index >= 15 is 0 Å². The fraction of sp³-hybridized carbons (Fsp3) is 0.364. The van der Waals surface area contributed by atoms with Crippen LogP contribution in [0.3, 0.4) is 0 Å². The van der Waals surface area contributed by atoms with Gasteiger partial charge < -0.3 is 15.4 Å². The fourth-order valence-corrected chi connectivity index (χ4v) is 4.92. The van der Waals surface area contributed by atoms with Crippen molar-refractivity contribution >= 4 is 32.6 Å². The van der Waals surface area contributed by atoms with Crippen molar-refractivity contribution in [2.45, 2.75) is 42.7 Å². The van der Waals surface area contributed by atoms with Crippen LogP contribution in [0.1, 0.15) is 25.7 Å². The molecule has 0 radical (unpaired) electrons. The molecule has 3 N–H and O–H groups in total. The molecule has 5 rings (SSSR count). The van der Waals surface area contributed by atoms with Gasteiger partial charge in [-0.05, 0) is 69.1 Å². The van der Waals surface area contributed by atoms with Crippen LogP contribution in [-0.4, -0.2) is 43.6 Å². The lowest BCUT2D eigenvalue weighted by Crippen LogP contribution is -2.34. The Bertz CT molecular complexity index is 1170. The van der Waals surface area contributed by atoms with Crippen molar-refractivity contribution in [3.63, 3.8) is 0 Å². The molecule has 0 atom stereocenters. The molecule has 0 spiro atoms. The van der Waals surface area contributed by atoms with Crippen LogP contribution >= 0.6 is 0 Å². The molecule has 162 valence electrons. The summed E-state index contributed by atoms with van der Waals surface area (Å²) in [5.74, 6) is 1.18. The molecule has 1 saturated carbocycles. The zero-order valence-electron chi connectivity index (χ0n) is 17.0. The van der Waals surface area contributed by atoms with Crippen LogP contribution < -0.4 is 20.1 Å². The van der Waals surface area contributed by atoms with Crippen molar-refractivity contribution in [1.29, 1.82) is 0 Å². The van der Waals surface area contributed by atoms with Gasteiger partial charge in [-0.2, -0.15) is 0 Å². The highest BCUT2D eigenvalue weighted by Crippen LogP contribution is 2.28. The highest BCUT2D eigenvalue weighted by atomic mass is 32.2. The number of hydrogen-bond acceptors (Lipinski definition) is 7. The predicted octanol–water partition coefficient (Wildman–Crippen LogP) is 2.94. The molecule has 1 saturated heterocycles. The Morgan fingerprint density at radius 2 is 1.77 bits per heavy atom. The Balaban J connectivity index is 1.34. The van der Waals surface area contributed by atoms with Gasteiger partial charge in [0.25, 0.3) is 0 Å². The first-order valence-corrected chi connectivity index (χ1v) is 12.1. The van der Waals surface area contributed by atoms with Crippen LogP contribution in [0.2, 0.25) is 0 Å². The number of rotatable bonds is 7. The summed E-state index contributed by atoms with van der Waals surface area (Å²) in [6.07, 6.45) is 5.69. The van der Waals surface area contributed by atoms with Gasteiger partial charge in [-0.3, -0.25) is 0 Å². The summed E-state index contributed by atoms with van der Waals surface area (Å²) in [5.41, 5.74) is 1.47. The van der Waals surface area contributed by atoms with Gasteiger partial charge in [0.05, 0.1) is 4.90 Å².